The predicted octanol–water partition coefficient (Wildman–Crippen LogP) is 3.24. The lowest BCUT2D eigenvalue weighted by Crippen LogP contribution is -2.33. The van der Waals surface area contributed by atoms with E-state index >= 15 is 0 Å². The van der Waals surface area contributed by atoms with Crippen LogP contribution in [-0.2, 0) is 11.3 Å². The maximum atomic E-state index is 12.6. The van der Waals surface area contributed by atoms with Crippen LogP contribution in [0.3, 0.4) is 0 Å². The molecule has 1 fully saturated rings. The van der Waals surface area contributed by atoms with Crippen molar-refractivity contribution < 1.29 is 4.79 Å². The standard InChI is InChI=1S/C18H27N5O/c1-2-8-16(22-11-6-7-12-22)18(24)19-13-17-21-20-14-23(17)15-9-4-3-5-10-15/h6-7,11-12,14-16H,2-5,8-10,13H2,1H3,(H,19,24)/t16-/m1/s1. The van der Waals surface area contributed by atoms with E-state index in [4.69, 9.17) is 0 Å². The number of hydrogen-bond acceptors (Lipinski definition) is 3. The first-order valence-corrected chi connectivity index (χ1v) is 9.08. The summed E-state index contributed by atoms with van der Waals surface area (Å²) in [4.78, 5) is 12.6. The van der Waals surface area contributed by atoms with Crippen molar-refractivity contribution in [1.82, 2.24) is 24.6 Å². The highest BCUT2D eigenvalue weighted by Crippen LogP contribution is 2.28. The summed E-state index contributed by atoms with van der Waals surface area (Å²) in [5, 5.41) is 11.3. The minimum atomic E-state index is -0.156. The molecule has 2 heterocycles. The maximum absolute atomic E-state index is 12.6. The maximum Gasteiger partial charge on any atom is 0.243 e. The van der Waals surface area contributed by atoms with Gasteiger partial charge >= 0.3 is 0 Å². The first kappa shape index (κ1) is 16.7. The van der Waals surface area contributed by atoms with Gasteiger partial charge in [0.25, 0.3) is 0 Å². The molecule has 0 spiro atoms. The second-order valence-corrected chi connectivity index (χ2v) is 6.60. The van der Waals surface area contributed by atoms with Crippen LogP contribution in [-0.4, -0.2) is 25.2 Å². The molecule has 1 atom stereocenters. The van der Waals surface area contributed by atoms with Gasteiger partial charge in [0.2, 0.25) is 5.91 Å². The number of nitrogens with one attached hydrogen (secondary N) is 1. The molecule has 2 aromatic heterocycles. The van der Waals surface area contributed by atoms with Crippen LogP contribution in [0.15, 0.2) is 30.9 Å². The number of carbonyl (C=O) groups is 1. The highest BCUT2D eigenvalue weighted by atomic mass is 16.2. The van der Waals surface area contributed by atoms with Gasteiger partial charge in [-0.3, -0.25) is 4.79 Å². The highest BCUT2D eigenvalue weighted by molar-refractivity contribution is 5.80. The molecule has 0 radical (unpaired) electrons. The quantitative estimate of drug-likeness (QED) is 0.848. The predicted molar refractivity (Wildman–Crippen MR) is 92.4 cm³/mol. The lowest BCUT2D eigenvalue weighted by Gasteiger charge is -2.24. The third kappa shape index (κ3) is 3.86. The molecule has 0 saturated heterocycles. The zero-order valence-corrected chi connectivity index (χ0v) is 14.4. The third-order valence-electron chi connectivity index (χ3n) is 4.89. The van der Waals surface area contributed by atoms with Crippen molar-refractivity contribution in [3.63, 3.8) is 0 Å². The Hall–Kier alpha value is -2.11. The Labute approximate surface area is 143 Å². The van der Waals surface area contributed by atoms with Crippen molar-refractivity contribution in [3.8, 4) is 0 Å². The van der Waals surface area contributed by atoms with Crippen molar-refractivity contribution in [2.24, 2.45) is 0 Å². The van der Waals surface area contributed by atoms with E-state index in [9.17, 15) is 4.79 Å². The van der Waals surface area contributed by atoms with E-state index in [1.54, 1.807) is 0 Å². The minimum absolute atomic E-state index is 0.0474. The van der Waals surface area contributed by atoms with E-state index in [-0.39, 0.29) is 11.9 Å². The van der Waals surface area contributed by atoms with Gasteiger partial charge in [0.05, 0.1) is 6.54 Å². The lowest BCUT2D eigenvalue weighted by molar-refractivity contribution is -0.124. The average Bonchev–Trinajstić information content (AvgIpc) is 3.30. The van der Waals surface area contributed by atoms with Crippen molar-refractivity contribution in [2.45, 2.75) is 70.5 Å². The molecule has 0 aliphatic heterocycles. The van der Waals surface area contributed by atoms with Gasteiger partial charge in [0.1, 0.15) is 12.4 Å². The first-order valence-electron chi connectivity index (χ1n) is 9.08. The van der Waals surface area contributed by atoms with Crippen molar-refractivity contribution in [3.05, 3.63) is 36.7 Å². The van der Waals surface area contributed by atoms with E-state index in [0.717, 1.165) is 18.7 Å². The van der Waals surface area contributed by atoms with Gasteiger partial charge in [0.15, 0.2) is 5.82 Å². The smallest absolute Gasteiger partial charge is 0.243 e. The monoisotopic (exact) mass is 329 g/mol. The third-order valence-corrected chi connectivity index (χ3v) is 4.89. The van der Waals surface area contributed by atoms with E-state index in [0.29, 0.717) is 12.6 Å². The summed E-state index contributed by atoms with van der Waals surface area (Å²) in [5.41, 5.74) is 0. The van der Waals surface area contributed by atoms with E-state index in [1.807, 2.05) is 35.4 Å². The zero-order chi connectivity index (χ0) is 16.8. The molecule has 0 bridgehead atoms. The van der Waals surface area contributed by atoms with Gasteiger partial charge in [-0.25, -0.2) is 0 Å². The Morgan fingerprint density at radius 2 is 2.04 bits per heavy atom. The first-order chi connectivity index (χ1) is 11.8. The number of carbonyl (C=O) groups excluding carboxylic acids is 1. The van der Waals surface area contributed by atoms with E-state index < -0.39 is 0 Å². The molecule has 1 saturated carbocycles. The van der Waals surface area contributed by atoms with Crippen LogP contribution in [0.5, 0.6) is 0 Å². The average molecular weight is 329 g/mol. The second kappa shape index (κ2) is 8.13. The van der Waals surface area contributed by atoms with Crippen LogP contribution in [0, 0.1) is 0 Å². The molecule has 130 valence electrons. The van der Waals surface area contributed by atoms with Crippen molar-refractivity contribution in [2.75, 3.05) is 0 Å². The summed E-state index contributed by atoms with van der Waals surface area (Å²) in [6.07, 6.45) is 13.7. The van der Waals surface area contributed by atoms with Crippen molar-refractivity contribution >= 4 is 5.91 Å². The SMILES string of the molecule is CCC[C@H](C(=O)NCc1nncn1C1CCCCC1)n1cccc1. The fourth-order valence-corrected chi connectivity index (χ4v) is 3.59. The van der Waals surface area contributed by atoms with Crippen LogP contribution in [0.25, 0.3) is 0 Å². The number of hydrogen-bond donors (Lipinski definition) is 1. The molecule has 0 aromatic carbocycles. The van der Waals surface area contributed by atoms with Gasteiger partial charge in [-0.1, -0.05) is 32.6 Å². The van der Waals surface area contributed by atoms with Crippen LogP contribution in [0.2, 0.25) is 0 Å². The summed E-state index contributed by atoms with van der Waals surface area (Å²) >= 11 is 0. The van der Waals surface area contributed by atoms with Gasteiger partial charge in [-0.2, -0.15) is 0 Å². The molecule has 1 aliphatic carbocycles. The van der Waals surface area contributed by atoms with Gasteiger partial charge in [-0.05, 0) is 31.4 Å². The number of nitrogens with zero attached hydrogens (tertiary/aromatic N) is 4. The Morgan fingerprint density at radius 3 is 2.75 bits per heavy atom. The Balaban J connectivity index is 1.62. The summed E-state index contributed by atoms with van der Waals surface area (Å²) in [6.45, 7) is 2.54. The number of aromatic nitrogens is 4. The second-order valence-electron chi connectivity index (χ2n) is 6.60. The number of rotatable bonds is 7. The summed E-state index contributed by atoms with van der Waals surface area (Å²) in [7, 11) is 0. The molecule has 1 N–H and O–H groups in total. The minimum Gasteiger partial charge on any atom is -0.347 e. The van der Waals surface area contributed by atoms with E-state index in [2.05, 4.69) is 27.0 Å². The summed E-state index contributed by atoms with van der Waals surface area (Å²) in [6, 6.07) is 4.23. The Morgan fingerprint density at radius 1 is 1.29 bits per heavy atom. The molecule has 1 aliphatic rings. The molecule has 2 aromatic rings. The van der Waals surface area contributed by atoms with Crippen LogP contribution >= 0.6 is 0 Å². The van der Waals surface area contributed by atoms with Crippen molar-refractivity contribution in [1.29, 1.82) is 0 Å². The zero-order valence-electron chi connectivity index (χ0n) is 14.4. The van der Waals surface area contributed by atoms with Crippen LogP contribution < -0.4 is 5.32 Å². The largest absolute Gasteiger partial charge is 0.347 e. The Bertz CT molecular complexity index is 628. The Kier molecular flexibility index (Phi) is 5.67. The van der Waals surface area contributed by atoms with Gasteiger partial charge in [-0.15, -0.1) is 10.2 Å². The molecule has 0 unspecified atom stereocenters. The fraction of sp³-hybridized carbons (Fsp3) is 0.611. The van der Waals surface area contributed by atoms with Gasteiger partial charge < -0.3 is 14.5 Å². The molecule has 3 rings (SSSR count). The highest BCUT2D eigenvalue weighted by Gasteiger charge is 2.21. The molecule has 1 amide bonds. The fourth-order valence-electron chi connectivity index (χ4n) is 3.59. The molecule has 6 nitrogen and oxygen atoms in total. The molecule has 6 heteroatoms. The topological polar surface area (TPSA) is 64.7 Å². The molecular weight excluding hydrogens is 302 g/mol. The lowest BCUT2D eigenvalue weighted by atomic mass is 9.95. The van der Waals surface area contributed by atoms with Crippen LogP contribution in [0.4, 0.5) is 0 Å². The summed E-state index contributed by atoms with van der Waals surface area (Å²) < 4.78 is 4.13. The number of amides is 1. The van der Waals surface area contributed by atoms with E-state index in [1.165, 1.54) is 32.1 Å². The molecular formula is C18H27N5O. The van der Waals surface area contributed by atoms with Crippen LogP contribution in [0.1, 0.15) is 69.8 Å². The molecule has 24 heavy (non-hydrogen) atoms. The normalized spacial score (nSPS) is 16.9. The van der Waals surface area contributed by atoms with Gasteiger partial charge in [0, 0.05) is 18.4 Å². The summed E-state index contributed by atoms with van der Waals surface area (Å²) in [5.74, 6) is 0.907.